The Hall–Kier alpha value is -2.31. The number of carbonyl (C=O) groups is 1. The van der Waals surface area contributed by atoms with Gasteiger partial charge in [0.05, 0.1) is 18.4 Å². The normalized spacial score (nSPS) is 21.0. The van der Waals surface area contributed by atoms with Gasteiger partial charge in [0, 0.05) is 12.7 Å². The minimum Gasteiger partial charge on any atom is -0.485 e. The van der Waals surface area contributed by atoms with Crippen LogP contribution in [0.3, 0.4) is 0 Å². The standard InChI is InChI=1S/C15H21N5O2/c1-9-14(18-10(2)17-9)15(21)19-12-5-4-6-13(12)22-11-7-16-20(3)8-11/h7-8,12-13H,4-6H2,1-3H3,(H,17,18)(H,19,21)/t12-,13+/m0/s1. The van der Waals surface area contributed by atoms with Crippen LogP contribution < -0.4 is 10.1 Å². The molecule has 2 aromatic rings. The number of aromatic nitrogens is 4. The van der Waals surface area contributed by atoms with E-state index in [0.717, 1.165) is 36.5 Å². The Labute approximate surface area is 129 Å². The molecule has 0 bridgehead atoms. The lowest BCUT2D eigenvalue weighted by atomic mass is 10.2. The van der Waals surface area contributed by atoms with Gasteiger partial charge in [-0.25, -0.2) is 4.98 Å². The van der Waals surface area contributed by atoms with Gasteiger partial charge in [-0.3, -0.25) is 9.48 Å². The van der Waals surface area contributed by atoms with Crippen LogP contribution in [0.4, 0.5) is 0 Å². The van der Waals surface area contributed by atoms with E-state index in [-0.39, 0.29) is 18.1 Å². The Balaban J connectivity index is 1.66. The summed E-state index contributed by atoms with van der Waals surface area (Å²) in [5, 5.41) is 7.15. The van der Waals surface area contributed by atoms with Crippen LogP contribution in [-0.4, -0.2) is 37.8 Å². The fraction of sp³-hybridized carbons (Fsp3) is 0.533. The number of rotatable bonds is 4. The fourth-order valence-electron chi connectivity index (χ4n) is 2.93. The van der Waals surface area contributed by atoms with Crippen LogP contribution in [0.1, 0.15) is 41.3 Å². The molecule has 3 rings (SSSR count). The number of aryl methyl sites for hydroxylation is 3. The van der Waals surface area contributed by atoms with Crippen molar-refractivity contribution in [3.05, 3.63) is 29.6 Å². The van der Waals surface area contributed by atoms with Gasteiger partial charge in [0.25, 0.3) is 5.91 Å². The van der Waals surface area contributed by atoms with E-state index >= 15 is 0 Å². The van der Waals surface area contributed by atoms with Gasteiger partial charge in [0.1, 0.15) is 17.6 Å². The molecule has 118 valence electrons. The van der Waals surface area contributed by atoms with E-state index in [1.54, 1.807) is 10.9 Å². The van der Waals surface area contributed by atoms with Crippen LogP contribution in [0.2, 0.25) is 0 Å². The molecule has 0 unspecified atom stereocenters. The lowest BCUT2D eigenvalue weighted by Crippen LogP contribution is -2.42. The topological polar surface area (TPSA) is 84.8 Å². The second-order valence-electron chi connectivity index (χ2n) is 5.81. The molecule has 1 saturated carbocycles. The Morgan fingerprint density at radius 3 is 2.91 bits per heavy atom. The number of imidazole rings is 1. The first-order valence-electron chi connectivity index (χ1n) is 7.52. The third-order valence-electron chi connectivity index (χ3n) is 3.96. The molecule has 22 heavy (non-hydrogen) atoms. The van der Waals surface area contributed by atoms with Crippen LogP contribution in [0, 0.1) is 13.8 Å². The summed E-state index contributed by atoms with van der Waals surface area (Å²) < 4.78 is 7.66. The average molecular weight is 303 g/mol. The highest BCUT2D eigenvalue weighted by Crippen LogP contribution is 2.24. The van der Waals surface area contributed by atoms with E-state index in [2.05, 4.69) is 20.4 Å². The molecule has 7 heteroatoms. The lowest BCUT2D eigenvalue weighted by Gasteiger charge is -2.21. The van der Waals surface area contributed by atoms with Gasteiger partial charge in [-0.2, -0.15) is 5.10 Å². The molecule has 1 aliphatic carbocycles. The fourth-order valence-corrected chi connectivity index (χ4v) is 2.93. The molecule has 2 heterocycles. The molecular formula is C15H21N5O2. The molecule has 0 radical (unpaired) electrons. The van der Waals surface area contributed by atoms with E-state index in [1.807, 2.05) is 27.1 Å². The predicted molar refractivity (Wildman–Crippen MR) is 80.8 cm³/mol. The van der Waals surface area contributed by atoms with Crippen molar-refractivity contribution in [2.75, 3.05) is 0 Å². The van der Waals surface area contributed by atoms with E-state index in [9.17, 15) is 4.79 Å². The first kappa shape index (κ1) is 14.6. The Bertz CT molecular complexity index is 675. The van der Waals surface area contributed by atoms with Gasteiger partial charge in [0.2, 0.25) is 0 Å². The maximum atomic E-state index is 12.4. The Morgan fingerprint density at radius 1 is 1.45 bits per heavy atom. The zero-order valence-electron chi connectivity index (χ0n) is 13.1. The Kier molecular flexibility index (Phi) is 3.87. The number of H-pyrrole nitrogens is 1. The summed E-state index contributed by atoms with van der Waals surface area (Å²) in [6, 6.07) is 0.00381. The van der Waals surface area contributed by atoms with Gasteiger partial charge in [-0.15, -0.1) is 0 Å². The number of hydrogen-bond acceptors (Lipinski definition) is 4. The predicted octanol–water partition coefficient (Wildman–Crippen LogP) is 1.49. The van der Waals surface area contributed by atoms with Crippen molar-refractivity contribution in [2.24, 2.45) is 7.05 Å². The second kappa shape index (κ2) is 5.82. The summed E-state index contributed by atoms with van der Waals surface area (Å²) in [6.07, 6.45) is 6.39. The maximum Gasteiger partial charge on any atom is 0.272 e. The first-order valence-corrected chi connectivity index (χ1v) is 7.52. The van der Waals surface area contributed by atoms with E-state index < -0.39 is 0 Å². The van der Waals surface area contributed by atoms with Gasteiger partial charge < -0.3 is 15.0 Å². The zero-order valence-corrected chi connectivity index (χ0v) is 13.1. The minimum absolute atomic E-state index is 0.00381. The summed E-state index contributed by atoms with van der Waals surface area (Å²) in [5.41, 5.74) is 1.25. The van der Waals surface area contributed by atoms with E-state index in [1.165, 1.54) is 0 Å². The maximum absolute atomic E-state index is 12.4. The summed E-state index contributed by atoms with van der Waals surface area (Å²) in [4.78, 5) is 19.7. The monoisotopic (exact) mass is 303 g/mol. The van der Waals surface area contributed by atoms with Gasteiger partial charge in [0.15, 0.2) is 5.75 Å². The number of ether oxygens (including phenoxy) is 1. The van der Waals surface area contributed by atoms with Crippen molar-refractivity contribution in [1.82, 2.24) is 25.1 Å². The second-order valence-corrected chi connectivity index (χ2v) is 5.81. The number of hydrogen-bond donors (Lipinski definition) is 2. The number of amides is 1. The highest BCUT2D eigenvalue weighted by atomic mass is 16.5. The molecule has 2 N–H and O–H groups in total. The molecule has 0 aromatic carbocycles. The van der Waals surface area contributed by atoms with Crippen molar-refractivity contribution in [1.29, 1.82) is 0 Å². The third-order valence-corrected chi connectivity index (χ3v) is 3.96. The van der Waals surface area contributed by atoms with Crippen LogP contribution >= 0.6 is 0 Å². The number of aromatic amines is 1. The molecule has 1 fully saturated rings. The highest BCUT2D eigenvalue weighted by molar-refractivity contribution is 5.93. The van der Waals surface area contributed by atoms with Gasteiger partial charge >= 0.3 is 0 Å². The highest BCUT2D eigenvalue weighted by Gasteiger charge is 2.31. The van der Waals surface area contributed by atoms with Crippen LogP contribution in [0.25, 0.3) is 0 Å². The lowest BCUT2D eigenvalue weighted by molar-refractivity contribution is 0.0888. The number of carbonyl (C=O) groups excluding carboxylic acids is 1. The molecule has 2 atom stereocenters. The first-order chi connectivity index (χ1) is 10.5. The minimum atomic E-state index is -0.145. The zero-order chi connectivity index (χ0) is 15.7. The molecule has 0 aliphatic heterocycles. The molecular weight excluding hydrogens is 282 g/mol. The van der Waals surface area contributed by atoms with Gasteiger partial charge in [-0.05, 0) is 33.1 Å². The molecule has 2 aromatic heterocycles. The molecule has 1 aliphatic rings. The Morgan fingerprint density at radius 2 is 2.27 bits per heavy atom. The summed E-state index contributed by atoms with van der Waals surface area (Å²) in [5.74, 6) is 1.34. The summed E-state index contributed by atoms with van der Waals surface area (Å²) in [7, 11) is 1.85. The molecule has 7 nitrogen and oxygen atoms in total. The SMILES string of the molecule is Cc1nc(C(=O)N[C@H]2CCC[C@H]2Oc2cnn(C)c2)c(C)[nH]1. The largest absolute Gasteiger partial charge is 0.485 e. The van der Waals surface area contributed by atoms with E-state index in [0.29, 0.717) is 5.69 Å². The number of nitrogens with zero attached hydrogens (tertiary/aromatic N) is 3. The van der Waals surface area contributed by atoms with Crippen LogP contribution in [0.15, 0.2) is 12.4 Å². The van der Waals surface area contributed by atoms with Crippen molar-refractivity contribution in [2.45, 2.75) is 45.3 Å². The van der Waals surface area contributed by atoms with Crippen LogP contribution in [0.5, 0.6) is 5.75 Å². The average Bonchev–Trinajstić information content (AvgIpc) is 3.13. The summed E-state index contributed by atoms with van der Waals surface area (Å²) >= 11 is 0. The van der Waals surface area contributed by atoms with Crippen molar-refractivity contribution >= 4 is 5.91 Å². The molecule has 0 saturated heterocycles. The molecule has 1 amide bonds. The van der Waals surface area contributed by atoms with Crippen LogP contribution in [-0.2, 0) is 7.05 Å². The van der Waals surface area contributed by atoms with E-state index in [4.69, 9.17) is 4.74 Å². The third kappa shape index (κ3) is 2.98. The van der Waals surface area contributed by atoms with Crippen molar-refractivity contribution in [3.63, 3.8) is 0 Å². The smallest absolute Gasteiger partial charge is 0.272 e. The number of nitrogens with one attached hydrogen (secondary N) is 2. The van der Waals surface area contributed by atoms with Crippen molar-refractivity contribution < 1.29 is 9.53 Å². The van der Waals surface area contributed by atoms with Crippen molar-refractivity contribution in [3.8, 4) is 5.75 Å². The molecule has 0 spiro atoms. The summed E-state index contributed by atoms with van der Waals surface area (Å²) in [6.45, 7) is 3.70. The van der Waals surface area contributed by atoms with Gasteiger partial charge in [-0.1, -0.05) is 0 Å². The quantitative estimate of drug-likeness (QED) is 0.896.